The number of hydrogen-bond acceptors (Lipinski definition) is 3. The summed E-state index contributed by atoms with van der Waals surface area (Å²) in [6.45, 7) is 10.4. The summed E-state index contributed by atoms with van der Waals surface area (Å²) in [5.74, 6) is 1.46. The van der Waals surface area contributed by atoms with Gasteiger partial charge < -0.3 is 16.0 Å². The van der Waals surface area contributed by atoms with Crippen LogP contribution in [0.5, 0.6) is 0 Å². The van der Waals surface area contributed by atoms with Crippen LogP contribution in [0, 0.1) is 19.8 Å². The lowest BCUT2D eigenvalue weighted by atomic mass is 9.84. The summed E-state index contributed by atoms with van der Waals surface area (Å²) in [6.07, 6.45) is 6.42. The van der Waals surface area contributed by atoms with Crippen molar-refractivity contribution in [3.63, 3.8) is 0 Å². The van der Waals surface area contributed by atoms with Gasteiger partial charge in [-0.25, -0.2) is 0 Å². The molecule has 0 unspecified atom stereocenters. The van der Waals surface area contributed by atoms with Crippen molar-refractivity contribution < 1.29 is 0 Å². The van der Waals surface area contributed by atoms with E-state index in [1.807, 2.05) is 0 Å². The first-order valence-electron chi connectivity index (χ1n) is 10.6. The fourth-order valence-electron chi connectivity index (χ4n) is 4.52. The molecular formula is C22H37N5. The average Bonchev–Trinajstić information content (AvgIpc) is 2.70. The molecule has 0 bridgehead atoms. The minimum absolute atomic E-state index is 0.520. The molecule has 2 fully saturated rings. The van der Waals surface area contributed by atoms with E-state index in [9.17, 15) is 0 Å². The molecule has 0 aromatic heterocycles. The monoisotopic (exact) mass is 371 g/mol. The molecule has 1 saturated heterocycles. The summed E-state index contributed by atoms with van der Waals surface area (Å²) < 4.78 is 0. The van der Waals surface area contributed by atoms with Gasteiger partial charge >= 0.3 is 0 Å². The largest absolute Gasteiger partial charge is 0.370 e. The summed E-state index contributed by atoms with van der Waals surface area (Å²) in [5.41, 5.74) is 10.1. The van der Waals surface area contributed by atoms with E-state index in [0.29, 0.717) is 12.0 Å². The van der Waals surface area contributed by atoms with Crippen molar-refractivity contribution in [2.24, 2.45) is 16.6 Å². The smallest absolute Gasteiger partial charge is 0.188 e. The zero-order valence-corrected chi connectivity index (χ0v) is 17.4. The van der Waals surface area contributed by atoms with E-state index in [1.165, 1.54) is 68.6 Å². The molecule has 5 heteroatoms. The molecular weight excluding hydrogens is 334 g/mol. The van der Waals surface area contributed by atoms with Crippen molar-refractivity contribution in [2.45, 2.75) is 52.0 Å². The number of guanidine groups is 1. The van der Waals surface area contributed by atoms with Crippen LogP contribution in [-0.2, 0) is 0 Å². The second kappa shape index (κ2) is 9.45. The number of aliphatic imine (C=N–C) groups is 1. The number of nitrogens with zero attached hydrogens (tertiary/aromatic N) is 3. The highest BCUT2D eigenvalue weighted by Crippen LogP contribution is 2.28. The van der Waals surface area contributed by atoms with Crippen LogP contribution >= 0.6 is 0 Å². The number of nitrogens with one attached hydrogen (secondary N) is 1. The van der Waals surface area contributed by atoms with Gasteiger partial charge in [-0.15, -0.1) is 0 Å². The fraction of sp³-hybridized carbons (Fsp3) is 0.682. The molecule has 3 rings (SSSR count). The Bertz CT molecular complexity index is 626. The van der Waals surface area contributed by atoms with Crippen LogP contribution in [0.1, 0.15) is 43.2 Å². The van der Waals surface area contributed by atoms with Crippen LogP contribution in [0.25, 0.3) is 0 Å². The van der Waals surface area contributed by atoms with Crippen molar-refractivity contribution >= 4 is 11.6 Å². The molecule has 150 valence electrons. The highest BCUT2D eigenvalue weighted by Gasteiger charge is 2.23. The molecule has 0 amide bonds. The van der Waals surface area contributed by atoms with E-state index in [4.69, 9.17) is 5.73 Å². The number of aryl methyl sites for hydroxylation is 1. The van der Waals surface area contributed by atoms with Crippen LogP contribution in [0.15, 0.2) is 23.2 Å². The molecule has 1 aromatic rings. The van der Waals surface area contributed by atoms with Crippen molar-refractivity contribution in [3.05, 3.63) is 29.3 Å². The van der Waals surface area contributed by atoms with E-state index in [-0.39, 0.29) is 0 Å². The Balaban J connectivity index is 1.37. The number of benzene rings is 1. The predicted molar refractivity (Wildman–Crippen MR) is 116 cm³/mol. The number of nitrogens with two attached hydrogens (primary N) is 1. The molecule has 0 spiro atoms. The molecule has 0 radical (unpaired) electrons. The number of rotatable bonds is 5. The van der Waals surface area contributed by atoms with E-state index < -0.39 is 0 Å². The average molecular weight is 372 g/mol. The maximum absolute atomic E-state index is 5.79. The molecule has 3 N–H and O–H groups in total. The zero-order valence-electron chi connectivity index (χ0n) is 17.4. The number of piperazine rings is 1. The number of hydrogen-bond donors (Lipinski definition) is 2. The molecule has 27 heavy (non-hydrogen) atoms. The maximum Gasteiger partial charge on any atom is 0.188 e. The van der Waals surface area contributed by atoms with E-state index in [1.54, 1.807) is 7.05 Å². The molecule has 1 aromatic carbocycles. The van der Waals surface area contributed by atoms with Gasteiger partial charge in [0.1, 0.15) is 0 Å². The van der Waals surface area contributed by atoms with Gasteiger partial charge in [-0.05, 0) is 75.6 Å². The Hall–Kier alpha value is -1.75. The lowest BCUT2D eigenvalue weighted by Gasteiger charge is -2.38. The van der Waals surface area contributed by atoms with E-state index in [2.05, 4.69) is 52.2 Å². The van der Waals surface area contributed by atoms with E-state index in [0.717, 1.165) is 19.0 Å². The van der Waals surface area contributed by atoms with Gasteiger partial charge in [0.05, 0.1) is 0 Å². The normalized spacial score (nSPS) is 24.9. The first-order chi connectivity index (χ1) is 13.1. The van der Waals surface area contributed by atoms with Crippen molar-refractivity contribution in [1.29, 1.82) is 0 Å². The Morgan fingerprint density at radius 3 is 2.48 bits per heavy atom. The Labute approximate surface area is 165 Å². The topological polar surface area (TPSA) is 56.9 Å². The summed E-state index contributed by atoms with van der Waals surface area (Å²) in [4.78, 5) is 9.24. The van der Waals surface area contributed by atoms with Crippen LogP contribution in [0.4, 0.5) is 5.69 Å². The fourth-order valence-corrected chi connectivity index (χ4v) is 4.52. The first kappa shape index (κ1) is 20.0. The molecule has 5 nitrogen and oxygen atoms in total. The highest BCUT2D eigenvalue weighted by atomic mass is 15.3. The summed E-state index contributed by atoms with van der Waals surface area (Å²) >= 11 is 0. The third kappa shape index (κ3) is 5.38. The lowest BCUT2D eigenvalue weighted by molar-refractivity contribution is 0.214. The summed E-state index contributed by atoms with van der Waals surface area (Å²) in [7, 11) is 1.74. The van der Waals surface area contributed by atoms with Crippen LogP contribution in [-0.4, -0.2) is 56.7 Å². The standard InChI is InChI=1S/C22H37N5/c1-17-5-4-6-21(18(17)2)27-15-13-26(14-16-27)12-11-19-7-9-20(10-8-19)25-22(23)24-3/h4-6,19-20H,7-16H2,1-3H3,(H3,23,24,25). The SMILES string of the molecule is CN=C(N)NC1CCC(CCN2CCN(c3cccc(C)c3C)CC2)CC1. The maximum atomic E-state index is 5.79. The molecule has 1 saturated carbocycles. The quantitative estimate of drug-likeness (QED) is 0.617. The van der Waals surface area contributed by atoms with Crippen LogP contribution in [0.3, 0.4) is 0 Å². The van der Waals surface area contributed by atoms with Crippen LogP contribution < -0.4 is 16.0 Å². The second-order valence-electron chi connectivity index (χ2n) is 8.31. The van der Waals surface area contributed by atoms with Crippen molar-refractivity contribution in [1.82, 2.24) is 10.2 Å². The second-order valence-corrected chi connectivity index (χ2v) is 8.31. The first-order valence-corrected chi connectivity index (χ1v) is 10.6. The van der Waals surface area contributed by atoms with E-state index >= 15 is 0 Å². The lowest BCUT2D eigenvalue weighted by Crippen LogP contribution is -2.47. The third-order valence-electron chi connectivity index (χ3n) is 6.58. The Kier molecular flexibility index (Phi) is 7.00. The highest BCUT2D eigenvalue weighted by molar-refractivity contribution is 5.77. The van der Waals surface area contributed by atoms with Gasteiger partial charge in [-0.3, -0.25) is 9.89 Å². The Morgan fingerprint density at radius 2 is 1.81 bits per heavy atom. The summed E-state index contributed by atoms with van der Waals surface area (Å²) in [6, 6.07) is 7.20. The molecule has 1 aliphatic heterocycles. The molecule has 0 atom stereocenters. The molecule has 1 aliphatic carbocycles. The van der Waals surface area contributed by atoms with Gasteiger partial charge in [0.15, 0.2) is 5.96 Å². The van der Waals surface area contributed by atoms with Crippen LogP contribution in [0.2, 0.25) is 0 Å². The minimum atomic E-state index is 0.520. The van der Waals surface area contributed by atoms with Gasteiger partial charge in [-0.2, -0.15) is 0 Å². The third-order valence-corrected chi connectivity index (χ3v) is 6.58. The van der Waals surface area contributed by atoms with Gasteiger partial charge in [0.2, 0.25) is 0 Å². The Morgan fingerprint density at radius 1 is 1.11 bits per heavy atom. The van der Waals surface area contributed by atoms with Gasteiger partial charge in [0, 0.05) is 45.0 Å². The predicted octanol–water partition coefficient (Wildman–Crippen LogP) is 2.91. The zero-order chi connectivity index (χ0) is 19.2. The van der Waals surface area contributed by atoms with Gasteiger partial charge in [0.25, 0.3) is 0 Å². The van der Waals surface area contributed by atoms with Gasteiger partial charge in [-0.1, -0.05) is 12.1 Å². The van der Waals surface area contributed by atoms with Crippen molar-refractivity contribution in [2.75, 3.05) is 44.7 Å². The number of anilines is 1. The molecule has 1 heterocycles. The molecule has 2 aliphatic rings. The summed E-state index contributed by atoms with van der Waals surface area (Å²) in [5, 5.41) is 3.34. The van der Waals surface area contributed by atoms with Crippen molar-refractivity contribution in [3.8, 4) is 0 Å². The minimum Gasteiger partial charge on any atom is -0.370 e.